The zero-order chi connectivity index (χ0) is 28.7. The Bertz CT molecular complexity index is 2020. The molecule has 0 bridgehead atoms. The lowest BCUT2D eigenvalue weighted by molar-refractivity contribution is -0.384. The monoisotopic (exact) mass is 565 g/mol. The number of ketones is 1. The third kappa shape index (κ3) is 4.62. The lowest BCUT2D eigenvalue weighted by atomic mass is 9.99. The van der Waals surface area contributed by atoms with Crippen LogP contribution in [0.15, 0.2) is 107 Å². The van der Waals surface area contributed by atoms with Crippen LogP contribution in [0.4, 0.5) is 5.69 Å². The van der Waals surface area contributed by atoms with Gasteiger partial charge in [0.1, 0.15) is 0 Å². The van der Waals surface area contributed by atoms with Crippen LogP contribution in [-0.2, 0) is 16.6 Å². The molecule has 4 aromatic carbocycles. The summed E-state index contributed by atoms with van der Waals surface area (Å²) in [5.41, 5.74) is 2.79. The summed E-state index contributed by atoms with van der Waals surface area (Å²) in [5, 5.41) is 11.9. The highest BCUT2D eigenvalue weighted by atomic mass is 32.2. The smallest absolute Gasteiger partial charge is 0.270 e. The molecule has 0 unspecified atom stereocenters. The summed E-state index contributed by atoms with van der Waals surface area (Å²) in [6.45, 7) is 0.128. The summed E-state index contributed by atoms with van der Waals surface area (Å²) >= 11 is 0. The van der Waals surface area contributed by atoms with E-state index >= 15 is 0 Å². The molecule has 41 heavy (non-hydrogen) atoms. The maximum atomic E-state index is 13.8. The Labute approximate surface area is 234 Å². The lowest BCUT2D eigenvalue weighted by Gasteiger charge is -2.15. The quantitative estimate of drug-likeness (QED) is 0.154. The standard InChI is InChI=1S/C31H23N3O6S/c35-30-26-18-21(20-8-3-1-4-9-20)12-14-25(26)29-28(30)24-15-13-22(34(37)38)19-27(24)31(36)33(29)17-7-16-32-41(39,40)23-10-5-2-6-11-23/h1-6,8-15,18-19,32H,7,16-17H2. The van der Waals surface area contributed by atoms with Gasteiger partial charge in [0, 0.05) is 41.7 Å². The van der Waals surface area contributed by atoms with Gasteiger partial charge in [-0.05, 0) is 41.8 Å². The fourth-order valence-electron chi connectivity index (χ4n) is 5.28. The van der Waals surface area contributed by atoms with Crippen molar-refractivity contribution in [3.05, 3.63) is 129 Å². The minimum absolute atomic E-state index is 0.0408. The third-order valence-corrected chi connectivity index (χ3v) is 8.70. The van der Waals surface area contributed by atoms with Crippen LogP contribution >= 0.6 is 0 Å². The van der Waals surface area contributed by atoms with Gasteiger partial charge in [-0.1, -0.05) is 60.7 Å². The van der Waals surface area contributed by atoms with E-state index in [1.54, 1.807) is 24.3 Å². The number of nitrogens with zero attached hydrogens (tertiary/aromatic N) is 2. The first-order chi connectivity index (χ1) is 19.8. The van der Waals surface area contributed by atoms with Crippen LogP contribution in [0.2, 0.25) is 0 Å². The number of aromatic nitrogens is 1. The zero-order valence-electron chi connectivity index (χ0n) is 21.6. The molecule has 1 N–H and O–H groups in total. The lowest BCUT2D eigenvalue weighted by Crippen LogP contribution is -2.28. The van der Waals surface area contributed by atoms with Crippen LogP contribution < -0.4 is 10.3 Å². The Morgan fingerprint density at radius 2 is 1.49 bits per heavy atom. The van der Waals surface area contributed by atoms with Crippen LogP contribution in [0.5, 0.6) is 0 Å². The third-order valence-electron chi connectivity index (χ3n) is 7.22. The van der Waals surface area contributed by atoms with Gasteiger partial charge in [-0.2, -0.15) is 0 Å². The second kappa shape index (κ2) is 10.2. The van der Waals surface area contributed by atoms with Crippen LogP contribution in [0.3, 0.4) is 0 Å². The first kappa shape index (κ1) is 26.3. The van der Waals surface area contributed by atoms with Crippen LogP contribution in [0.1, 0.15) is 22.3 Å². The first-order valence-corrected chi connectivity index (χ1v) is 14.4. The van der Waals surface area contributed by atoms with Crippen LogP contribution in [-0.4, -0.2) is 30.2 Å². The average molecular weight is 566 g/mol. The summed E-state index contributed by atoms with van der Waals surface area (Å²) in [4.78, 5) is 38.6. The molecule has 9 nitrogen and oxygen atoms in total. The molecule has 5 aromatic rings. The first-order valence-electron chi connectivity index (χ1n) is 12.9. The number of carbonyl (C=O) groups is 1. The van der Waals surface area contributed by atoms with E-state index in [-0.39, 0.29) is 41.3 Å². The maximum absolute atomic E-state index is 13.8. The van der Waals surface area contributed by atoms with Crippen molar-refractivity contribution in [3.8, 4) is 22.4 Å². The molecule has 204 valence electrons. The van der Waals surface area contributed by atoms with Gasteiger partial charge in [0.2, 0.25) is 10.0 Å². The predicted octanol–water partition coefficient (Wildman–Crippen LogP) is 5.16. The van der Waals surface area contributed by atoms with Crippen molar-refractivity contribution in [1.82, 2.24) is 9.29 Å². The van der Waals surface area contributed by atoms with E-state index in [0.29, 0.717) is 27.8 Å². The fraction of sp³-hybridized carbons (Fsp3) is 0.0968. The molecule has 1 heterocycles. The Balaban J connectivity index is 1.43. The number of hydrogen-bond donors (Lipinski definition) is 1. The molecule has 0 spiro atoms. The molecular formula is C31H23N3O6S. The number of nitrogens with one attached hydrogen (secondary N) is 1. The minimum Gasteiger partial charge on any atom is -0.307 e. The average Bonchev–Trinajstić information content (AvgIpc) is 3.28. The van der Waals surface area contributed by atoms with Crippen molar-refractivity contribution in [2.75, 3.05) is 6.54 Å². The molecule has 0 aliphatic heterocycles. The van der Waals surface area contributed by atoms with Gasteiger partial charge in [0.05, 0.1) is 26.5 Å². The highest BCUT2D eigenvalue weighted by molar-refractivity contribution is 7.89. The van der Waals surface area contributed by atoms with Gasteiger partial charge in [0.15, 0.2) is 5.78 Å². The largest absolute Gasteiger partial charge is 0.307 e. The number of benzene rings is 4. The van der Waals surface area contributed by atoms with E-state index in [0.717, 1.165) is 11.1 Å². The molecule has 1 aliphatic rings. The van der Waals surface area contributed by atoms with E-state index in [4.69, 9.17) is 0 Å². The molecule has 6 rings (SSSR count). The number of pyridine rings is 1. The van der Waals surface area contributed by atoms with Gasteiger partial charge in [-0.25, -0.2) is 13.1 Å². The van der Waals surface area contributed by atoms with Gasteiger partial charge in [-0.3, -0.25) is 19.7 Å². The van der Waals surface area contributed by atoms with Crippen LogP contribution in [0, 0.1) is 10.1 Å². The number of rotatable bonds is 8. The molecule has 10 heteroatoms. The summed E-state index contributed by atoms with van der Waals surface area (Å²) < 4.78 is 29.3. The molecule has 0 saturated carbocycles. The van der Waals surface area contributed by atoms with E-state index in [1.807, 2.05) is 42.5 Å². The number of fused-ring (bicyclic) bond motifs is 5. The number of hydrogen-bond acceptors (Lipinski definition) is 6. The van der Waals surface area contributed by atoms with Crippen molar-refractivity contribution in [2.24, 2.45) is 0 Å². The van der Waals surface area contributed by atoms with Crippen molar-refractivity contribution < 1.29 is 18.1 Å². The van der Waals surface area contributed by atoms with Gasteiger partial charge in [-0.15, -0.1) is 0 Å². The van der Waals surface area contributed by atoms with E-state index in [1.165, 1.54) is 34.9 Å². The van der Waals surface area contributed by atoms with Gasteiger partial charge >= 0.3 is 0 Å². The van der Waals surface area contributed by atoms with E-state index < -0.39 is 20.5 Å². The van der Waals surface area contributed by atoms with Gasteiger partial charge in [0.25, 0.3) is 11.2 Å². The summed E-state index contributed by atoms with van der Waals surface area (Å²) in [6.07, 6.45) is 0.241. The number of nitro benzene ring substituents is 1. The number of sulfonamides is 1. The second-order valence-electron chi connectivity index (χ2n) is 9.69. The second-order valence-corrected chi connectivity index (χ2v) is 11.5. The summed E-state index contributed by atoms with van der Waals surface area (Å²) in [5.74, 6) is -0.273. The van der Waals surface area contributed by atoms with E-state index in [9.17, 15) is 28.1 Å². The normalized spacial score (nSPS) is 12.3. The predicted molar refractivity (Wildman–Crippen MR) is 155 cm³/mol. The molecule has 0 amide bonds. The molecule has 1 aromatic heterocycles. The highest BCUT2D eigenvalue weighted by Crippen LogP contribution is 2.41. The highest BCUT2D eigenvalue weighted by Gasteiger charge is 2.33. The van der Waals surface area contributed by atoms with Crippen molar-refractivity contribution in [3.63, 3.8) is 0 Å². The van der Waals surface area contributed by atoms with E-state index in [2.05, 4.69) is 4.72 Å². The molecule has 1 aliphatic carbocycles. The summed E-state index contributed by atoms with van der Waals surface area (Å²) in [7, 11) is -3.74. The number of non-ortho nitro benzene ring substituents is 1. The summed E-state index contributed by atoms with van der Waals surface area (Å²) in [6, 6.07) is 27.0. The maximum Gasteiger partial charge on any atom is 0.270 e. The molecule has 0 atom stereocenters. The topological polar surface area (TPSA) is 128 Å². The van der Waals surface area contributed by atoms with Crippen molar-refractivity contribution >= 4 is 32.3 Å². The minimum atomic E-state index is -3.74. The molecule has 0 fully saturated rings. The van der Waals surface area contributed by atoms with Gasteiger partial charge < -0.3 is 4.57 Å². The molecular weight excluding hydrogens is 542 g/mol. The SMILES string of the molecule is O=C1c2cc(-c3ccccc3)ccc2-c2c1c1ccc([N+](=O)[O-])cc1c(=O)n2CCCNS(=O)(=O)c1ccccc1. The molecule has 0 saturated heterocycles. The van der Waals surface area contributed by atoms with Crippen molar-refractivity contribution in [2.45, 2.75) is 17.9 Å². The molecule has 0 radical (unpaired) electrons. The van der Waals surface area contributed by atoms with Crippen LogP contribution in [0.25, 0.3) is 33.2 Å². The number of nitro groups is 1. The Morgan fingerprint density at radius 1 is 0.780 bits per heavy atom. The Morgan fingerprint density at radius 3 is 2.20 bits per heavy atom. The number of carbonyl (C=O) groups excluding carboxylic acids is 1. The Kier molecular flexibility index (Phi) is 6.56. The zero-order valence-corrected chi connectivity index (χ0v) is 22.4. The van der Waals surface area contributed by atoms with Crippen molar-refractivity contribution in [1.29, 1.82) is 0 Å². The Hall–Kier alpha value is -4.93. The fourth-order valence-corrected chi connectivity index (χ4v) is 6.38.